The van der Waals surface area contributed by atoms with Crippen LogP contribution >= 0.6 is 0 Å². The minimum atomic E-state index is -1.01. The molecule has 0 aliphatic carbocycles. The van der Waals surface area contributed by atoms with Crippen molar-refractivity contribution in [1.82, 2.24) is 5.32 Å². The van der Waals surface area contributed by atoms with E-state index in [0.717, 1.165) is 5.56 Å². The summed E-state index contributed by atoms with van der Waals surface area (Å²) in [5.74, 6) is -0.334. The van der Waals surface area contributed by atoms with Crippen LogP contribution < -0.4 is 14.8 Å². The molecule has 2 rings (SSSR count). The molecule has 0 unspecified atom stereocenters. The number of carbonyl (C=O) groups excluding carboxylic acids is 1. The number of aryl methyl sites for hydroxylation is 1. The Morgan fingerprint density at radius 3 is 2.40 bits per heavy atom. The lowest BCUT2D eigenvalue weighted by molar-refractivity contribution is -0.137. The van der Waals surface area contributed by atoms with Crippen LogP contribution in [0.25, 0.3) is 0 Å². The van der Waals surface area contributed by atoms with E-state index in [-0.39, 0.29) is 12.3 Å². The Hall–Kier alpha value is -3.02. The third-order valence-electron chi connectivity index (χ3n) is 3.77. The van der Waals surface area contributed by atoms with Gasteiger partial charge in [0.05, 0.1) is 26.7 Å². The summed E-state index contributed by atoms with van der Waals surface area (Å²) in [4.78, 5) is 23.7. The van der Waals surface area contributed by atoms with Crippen LogP contribution in [0.1, 0.15) is 33.9 Å². The van der Waals surface area contributed by atoms with E-state index in [4.69, 9.17) is 9.47 Å². The van der Waals surface area contributed by atoms with Crippen molar-refractivity contribution in [3.05, 3.63) is 59.2 Å². The number of ether oxygens (including phenoxy) is 2. The highest BCUT2D eigenvalue weighted by molar-refractivity contribution is 5.94. The Morgan fingerprint density at radius 2 is 1.80 bits per heavy atom. The van der Waals surface area contributed by atoms with E-state index >= 15 is 0 Å². The molecule has 0 aliphatic heterocycles. The van der Waals surface area contributed by atoms with Crippen molar-refractivity contribution in [3.8, 4) is 11.5 Å². The van der Waals surface area contributed by atoms with Gasteiger partial charge in [0, 0.05) is 5.56 Å². The van der Waals surface area contributed by atoms with Gasteiger partial charge in [0.15, 0.2) is 11.5 Å². The topological polar surface area (TPSA) is 84.9 Å². The van der Waals surface area contributed by atoms with Gasteiger partial charge in [-0.15, -0.1) is 0 Å². The molecule has 0 aliphatic rings. The van der Waals surface area contributed by atoms with Crippen LogP contribution in [-0.4, -0.2) is 31.2 Å². The Labute approximate surface area is 146 Å². The molecule has 25 heavy (non-hydrogen) atoms. The van der Waals surface area contributed by atoms with Crippen molar-refractivity contribution in [2.24, 2.45) is 0 Å². The van der Waals surface area contributed by atoms with E-state index in [2.05, 4.69) is 5.32 Å². The van der Waals surface area contributed by atoms with E-state index in [9.17, 15) is 14.7 Å². The molecule has 132 valence electrons. The molecular formula is C19H21NO5. The van der Waals surface area contributed by atoms with Crippen LogP contribution in [0.3, 0.4) is 0 Å². The maximum absolute atomic E-state index is 12.5. The molecule has 1 amide bonds. The van der Waals surface area contributed by atoms with E-state index in [0.29, 0.717) is 22.6 Å². The number of aliphatic carboxylic acids is 1. The largest absolute Gasteiger partial charge is 0.493 e. The minimum Gasteiger partial charge on any atom is -0.493 e. The quantitative estimate of drug-likeness (QED) is 0.807. The van der Waals surface area contributed by atoms with Gasteiger partial charge in [0.2, 0.25) is 0 Å². The third kappa shape index (κ3) is 4.73. The molecule has 0 aromatic heterocycles. The first-order valence-corrected chi connectivity index (χ1v) is 7.76. The average Bonchev–Trinajstić information content (AvgIpc) is 2.60. The predicted octanol–water partition coefficient (Wildman–Crippen LogP) is 2.96. The first kappa shape index (κ1) is 18.3. The Balaban J connectivity index is 2.30. The molecule has 0 fully saturated rings. The van der Waals surface area contributed by atoms with Gasteiger partial charge >= 0.3 is 5.97 Å². The van der Waals surface area contributed by atoms with Crippen molar-refractivity contribution < 1.29 is 24.2 Å². The molecule has 6 nitrogen and oxygen atoms in total. The molecular weight excluding hydrogens is 322 g/mol. The SMILES string of the molecule is COc1ccc([C@@H](CC(=O)O)NC(=O)c2cccc(C)c2)cc1OC. The summed E-state index contributed by atoms with van der Waals surface area (Å²) < 4.78 is 10.4. The Kier molecular flexibility index (Phi) is 6.00. The number of hydrogen-bond donors (Lipinski definition) is 2. The predicted molar refractivity (Wildman–Crippen MR) is 93.2 cm³/mol. The smallest absolute Gasteiger partial charge is 0.305 e. The first-order valence-electron chi connectivity index (χ1n) is 7.76. The summed E-state index contributed by atoms with van der Waals surface area (Å²) >= 11 is 0. The van der Waals surface area contributed by atoms with Gasteiger partial charge in [-0.3, -0.25) is 9.59 Å². The summed E-state index contributed by atoms with van der Waals surface area (Å²) in [7, 11) is 3.02. The van der Waals surface area contributed by atoms with E-state index in [1.807, 2.05) is 13.0 Å². The van der Waals surface area contributed by atoms with E-state index in [1.54, 1.807) is 36.4 Å². The lowest BCUT2D eigenvalue weighted by atomic mass is 10.0. The van der Waals surface area contributed by atoms with Crippen LogP contribution in [0, 0.1) is 6.92 Å². The summed E-state index contributed by atoms with van der Waals surface area (Å²) in [6.45, 7) is 1.89. The third-order valence-corrected chi connectivity index (χ3v) is 3.77. The van der Waals surface area contributed by atoms with Gasteiger partial charge in [0.25, 0.3) is 5.91 Å². The van der Waals surface area contributed by atoms with E-state index in [1.165, 1.54) is 14.2 Å². The number of carboxylic acid groups (broad SMARTS) is 1. The van der Waals surface area contributed by atoms with E-state index < -0.39 is 12.0 Å². The van der Waals surface area contributed by atoms with Crippen LogP contribution in [0.15, 0.2) is 42.5 Å². The number of methoxy groups -OCH3 is 2. The lowest BCUT2D eigenvalue weighted by Crippen LogP contribution is -2.30. The highest BCUT2D eigenvalue weighted by atomic mass is 16.5. The standard InChI is InChI=1S/C19H21NO5/c1-12-5-4-6-14(9-12)19(23)20-15(11-18(21)22)13-7-8-16(24-2)17(10-13)25-3/h4-10,15H,11H2,1-3H3,(H,20,23)(H,21,22)/t15-/m1/s1. The fourth-order valence-corrected chi connectivity index (χ4v) is 2.52. The Bertz CT molecular complexity index is 772. The zero-order valence-corrected chi connectivity index (χ0v) is 14.4. The second-order valence-corrected chi connectivity index (χ2v) is 5.61. The minimum absolute atomic E-state index is 0.243. The molecule has 2 aromatic rings. The molecule has 2 aromatic carbocycles. The molecule has 0 heterocycles. The summed E-state index contributed by atoms with van der Waals surface area (Å²) in [6.07, 6.45) is -0.243. The molecule has 0 saturated heterocycles. The van der Waals surface area contributed by atoms with Crippen LogP contribution in [0.4, 0.5) is 0 Å². The summed E-state index contributed by atoms with van der Waals surface area (Å²) in [5.41, 5.74) is 2.06. The molecule has 2 N–H and O–H groups in total. The second-order valence-electron chi connectivity index (χ2n) is 5.61. The van der Waals surface area contributed by atoms with Crippen LogP contribution in [0.5, 0.6) is 11.5 Å². The fraction of sp³-hybridized carbons (Fsp3) is 0.263. The number of rotatable bonds is 7. The number of carboxylic acids is 1. The number of nitrogens with one attached hydrogen (secondary N) is 1. The van der Waals surface area contributed by atoms with Crippen molar-refractivity contribution in [2.75, 3.05) is 14.2 Å². The van der Waals surface area contributed by atoms with Gasteiger partial charge in [-0.05, 0) is 36.8 Å². The van der Waals surface area contributed by atoms with Crippen molar-refractivity contribution in [2.45, 2.75) is 19.4 Å². The average molecular weight is 343 g/mol. The van der Waals surface area contributed by atoms with Gasteiger partial charge in [-0.2, -0.15) is 0 Å². The van der Waals surface area contributed by atoms with Crippen molar-refractivity contribution in [3.63, 3.8) is 0 Å². The van der Waals surface area contributed by atoms with Gasteiger partial charge in [-0.25, -0.2) is 0 Å². The van der Waals surface area contributed by atoms with Crippen LogP contribution in [0.2, 0.25) is 0 Å². The Morgan fingerprint density at radius 1 is 1.08 bits per heavy atom. The summed E-state index contributed by atoms with van der Waals surface area (Å²) in [5, 5.41) is 12.0. The van der Waals surface area contributed by atoms with Crippen molar-refractivity contribution >= 4 is 11.9 Å². The molecule has 6 heteroatoms. The second kappa shape index (κ2) is 8.19. The molecule has 0 spiro atoms. The van der Waals surface area contributed by atoms with Crippen molar-refractivity contribution in [1.29, 1.82) is 0 Å². The summed E-state index contributed by atoms with van der Waals surface area (Å²) in [6, 6.07) is 11.5. The number of hydrogen-bond acceptors (Lipinski definition) is 4. The molecule has 1 atom stereocenters. The highest BCUT2D eigenvalue weighted by Crippen LogP contribution is 2.31. The molecule has 0 bridgehead atoms. The monoisotopic (exact) mass is 343 g/mol. The fourth-order valence-electron chi connectivity index (χ4n) is 2.52. The van der Waals surface area contributed by atoms with Crippen LogP contribution in [-0.2, 0) is 4.79 Å². The normalized spacial score (nSPS) is 11.5. The zero-order valence-electron chi connectivity index (χ0n) is 14.4. The number of benzene rings is 2. The molecule has 0 radical (unpaired) electrons. The number of carbonyl (C=O) groups is 2. The molecule has 0 saturated carbocycles. The maximum Gasteiger partial charge on any atom is 0.305 e. The highest BCUT2D eigenvalue weighted by Gasteiger charge is 2.20. The zero-order chi connectivity index (χ0) is 18.4. The van der Waals surface area contributed by atoms with Gasteiger partial charge in [-0.1, -0.05) is 23.8 Å². The number of amides is 1. The maximum atomic E-state index is 12.5. The lowest BCUT2D eigenvalue weighted by Gasteiger charge is -2.19. The first-order chi connectivity index (χ1) is 11.9. The van der Waals surface area contributed by atoms with Gasteiger partial charge < -0.3 is 19.9 Å². The van der Waals surface area contributed by atoms with Gasteiger partial charge in [0.1, 0.15) is 0 Å².